The quantitative estimate of drug-likeness (QED) is 0.466. The second-order valence-electron chi connectivity index (χ2n) is 6.66. The summed E-state index contributed by atoms with van der Waals surface area (Å²) in [6.07, 6.45) is -0.308. The largest absolute Gasteiger partial charge is 0.481 e. The number of carbonyl (C=O) groups excluding carboxylic acids is 2. The molecule has 0 saturated heterocycles. The number of nitrogens with zero attached hydrogens (tertiary/aromatic N) is 1. The van der Waals surface area contributed by atoms with Crippen molar-refractivity contribution in [3.05, 3.63) is 84.9 Å². The van der Waals surface area contributed by atoms with Crippen LogP contribution in [0.1, 0.15) is 12.8 Å². The molecular formula is C24H22N2O4S. The summed E-state index contributed by atoms with van der Waals surface area (Å²) >= 11 is 1.37. The highest BCUT2D eigenvalue weighted by Gasteiger charge is 2.18. The van der Waals surface area contributed by atoms with Gasteiger partial charge in [0.05, 0.1) is 12.2 Å². The van der Waals surface area contributed by atoms with Gasteiger partial charge in [-0.3, -0.25) is 19.3 Å². The molecule has 0 aliphatic heterocycles. The van der Waals surface area contributed by atoms with Crippen LogP contribution in [0.5, 0.6) is 0 Å². The number of rotatable bonds is 9. The summed E-state index contributed by atoms with van der Waals surface area (Å²) in [7, 11) is 0. The van der Waals surface area contributed by atoms with Gasteiger partial charge in [-0.25, -0.2) is 0 Å². The number of anilines is 3. The third kappa shape index (κ3) is 6.72. The molecule has 0 aliphatic carbocycles. The van der Waals surface area contributed by atoms with Crippen molar-refractivity contribution in [3.63, 3.8) is 0 Å². The van der Waals surface area contributed by atoms with Crippen molar-refractivity contribution in [1.82, 2.24) is 0 Å². The molecule has 0 unspecified atom stereocenters. The van der Waals surface area contributed by atoms with Gasteiger partial charge in [0.1, 0.15) is 0 Å². The molecule has 2 amide bonds. The van der Waals surface area contributed by atoms with E-state index in [9.17, 15) is 14.4 Å². The van der Waals surface area contributed by atoms with E-state index in [0.717, 1.165) is 16.3 Å². The molecule has 31 heavy (non-hydrogen) atoms. The van der Waals surface area contributed by atoms with E-state index in [1.54, 1.807) is 23.1 Å². The molecular weight excluding hydrogens is 412 g/mol. The fourth-order valence-electron chi connectivity index (χ4n) is 2.91. The van der Waals surface area contributed by atoms with Crippen LogP contribution < -0.4 is 10.2 Å². The van der Waals surface area contributed by atoms with E-state index in [1.165, 1.54) is 11.8 Å². The Balaban J connectivity index is 1.67. The Morgan fingerprint density at radius 2 is 1.42 bits per heavy atom. The standard InChI is InChI=1S/C24H22N2O4S/c27-22(14-15-24(29)30)25-18-8-7-13-21(16-18)31-17-23(28)26(19-9-3-1-4-10-19)20-11-5-2-6-12-20/h1-13,16H,14-15,17H2,(H,25,27)(H,29,30). The van der Waals surface area contributed by atoms with Gasteiger partial charge in [-0.05, 0) is 42.5 Å². The number of carboxylic acids is 1. The molecule has 0 spiro atoms. The van der Waals surface area contributed by atoms with Crippen molar-refractivity contribution < 1.29 is 19.5 Å². The molecule has 0 radical (unpaired) electrons. The molecule has 3 aromatic rings. The van der Waals surface area contributed by atoms with E-state index in [0.29, 0.717) is 5.69 Å². The number of carbonyl (C=O) groups is 3. The van der Waals surface area contributed by atoms with Gasteiger partial charge in [-0.1, -0.05) is 42.5 Å². The van der Waals surface area contributed by atoms with Gasteiger partial charge in [0.25, 0.3) is 0 Å². The Hall–Kier alpha value is -3.58. The zero-order chi connectivity index (χ0) is 22.1. The van der Waals surface area contributed by atoms with E-state index < -0.39 is 5.97 Å². The van der Waals surface area contributed by atoms with Crippen LogP contribution >= 0.6 is 11.8 Å². The van der Waals surface area contributed by atoms with Crippen molar-refractivity contribution in [3.8, 4) is 0 Å². The monoisotopic (exact) mass is 434 g/mol. The first kappa shape index (κ1) is 22.1. The van der Waals surface area contributed by atoms with Crippen LogP contribution in [0, 0.1) is 0 Å². The van der Waals surface area contributed by atoms with Gasteiger partial charge in [0, 0.05) is 28.4 Å². The van der Waals surface area contributed by atoms with Crippen LogP contribution in [0.25, 0.3) is 0 Å². The van der Waals surface area contributed by atoms with E-state index in [1.807, 2.05) is 66.7 Å². The molecule has 6 nitrogen and oxygen atoms in total. The highest BCUT2D eigenvalue weighted by molar-refractivity contribution is 8.00. The number of carboxylic acid groups (broad SMARTS) is 1. The highest BCUT2D eigenvalue weighted by Crippen LogP contribution is 2.28. The number of hydrogen-bond donors (Lipinski definition) is 2. The lowest BCUT2D eigenvalue weighted by molar-refractivity contribution is -0.138. The number of nitrogens with one attached hydrogen (secondary N) is 1. The molecule has 0 bridgehead atoms. The Morgan fingerprint density at radius 1 is 0.806 bits per heavy atom. The molecule has 0 saturated carbocycles. The summed E-state index contributed by atoms with van der Waals surface area (Å²) in [5.41, 5.74) is 2.15. The first-order valence-electron chi connectivity index (χ1n) is 9.70. The smallest absolute Gasteiger partial charge is 0.303 e. The number of thioether (sulfide) groups is 1. The second kappa shape index (κ2) is 11.0. The average Bonchev–Trinajstić information content (AvgIpc) is 2.78. The summed E-state index contributed by atoms with van der Waals surface area (Å²) in [6, 6.07) is 26.1. The molecule has 0 aliphatic rings. The molecule has 3 rings (SSSR count). The molecule has 2 N–H and O–H groups in total. The minimum Gasteiger partial charge on any atom is -0.481 e. The first-order chi connectivity index (χ1) is 15.0. The van der Waals surface area contributed by atoms with E-state index in [-0.39, 0.29) is 30.4 Å². The molecule has 0 fully saturated rings. The van der Waals surface area contributed by atoms with Gasteiger partial charge in [-0.2, -0.15) is 0 Å². The lowest BCUT2D eigenvalue weighted by Crippen LogP contribution is -2.27. The minimum absolute atomic E-state index is 0.0710. The third-order valence-electron chi connectivity index (χ3n) is 4.32. The highest BCUT2D eigenvalue weighted by atomic mass is 32.2. The van der Waals surface area contributed by atoms with E-state index in [2.05, 4.69) is 5.32 Å². The maximum Gasteiger partial charge on any atom is 0.303 e. The molecule has 3 aromatic carbocycles. The summed E-state index contributed by atoms with van der Waals surface area (Å²) < 4.78 is 0. The van der Waals surface area contributed by atoms with Crippen LogP contribution in [0.4, 0.5) is 17.1 Å². The van der Waals surface area contributed by atoms with Crippen LogP contribution in [-0.4, -0.2) is 28.6 Å². The van der Waals surface area contributed by atoms with Crippen molar-refractivity contribution in [2.75, 3.05) is 16.0 Å². The lowest BCUT2D eigenvalue weighted by Gasteiger charge is -2.23. The van der Waals surface area contributed by atoms with Crippen molar-refractivity contribution in [2.45, 2.75) is 17.7 Å². The zero-order valence-electron chi connectivity index (χ0n) is 16.7. The van der Waals surface area contributed by atoms with Gasteiger partial charge in [0.2, 0.25) is 11.8 Å². The molecule has 7 heteroatoms. The zero-order valence-corrected chi connectivity index (χ0v) is 17.5. The average molecular weight is 435 g/mol. The summed E-state index contributed by atoms with van der Waals surface area (Å²) in [4.78, 5) is 38.1. The first-order valence-corrected chi connectivity index (χ1v) is 10.7. The fourth-order valence-corrected chi connectivity index (χ4v) is 3.71. The van der Waals surface area contributed by atoms with Gasteiger partial charge < -0.3 is 10.4 Å². The normalized spacial score (nSPS) is 10.3. The minimum atomic E-state index is -1.01. The summed E-state index contributed by atoms with van der Waals surface area (Å²) in [5, 5.41) is 11.4. The molecule has 158 valence electrons. The Labute approximate surface area is 184 Å². The fraction of sp³-hybridized carbons (Fsp3) is 0.125. The van der Waals surface area contributed by atoms with Crippen molar-refractivity contribution in [2.24, 2.45) is 0 Å². The van der Waals surface area contributed by atoms with Crippen LogP contribution in [-0.2, 0) is 14.4 Å². The van der Waals surface area contributed by atoms with Crippen LogP contribution in [0.15, 0.2) is 89.8 Å². The molecule has 0 heterocycles. The van der Waals surface area contributed by atoms with Crippen LogP contribution in [0.3, 0.4) is 0 Å². The molecule has 0 atom stereocenters. The van der Waals surface area contributed by atoms with Gasteiger partial charge in [-0.15, -0.1) is 11.8 Å². The molecule has 0 aromatic heterocycles. The van der Waals surface area contributed by atoms with Gasteiger partial charge in [0.15, 0.2) is 0 Å². The summed E-state index contributed by atoms with van der Waals surface area (Å²) in [5.74, 6) is -1.24. The predicted molar refractivity (Wildman–Crippen MR) is 123 cm³/mol. The summed E-state index contributed by atoms with van der Waals surface area (Å²) in [6.45, 7) is 0. The third-order valence-corrected chi connectivity index (χ3v) is 5.30. The number of aliphatic carboxylic acids is 1. The van der Waals surface area contributed by atoms with Crippen LogP contribution in [0.2, 0.25) is 0 Å². The second-order valence-corrected chi connectivity index (χ2v) is 7.71. The lowest BCUT2D eigenvalue weighted by atomic mass is 10.2. The van der Waals surface area contributed by atoms with Crippen molar-refractivity contribution >= 4 is 46.6 Å². The Morgan fingerprint density at radius 3 is 2.00 bits per heavy atom. The van der Waals surface area contributed by atoms with E-state index in [4.69, 9.17) is 5.11 Å². The SMILES string of the molecule is O=C(O)CCC(=O)Nc1cccc(SCC(=O)N(c2ccccc2)c2ccccc2)c1. The number of benzene rings is 3. The number of amides is 2. The number of para-hydroxylation sites is 2. The number of hydrogen-bond acceptors (Lipinski definition) is 4. The van der Waals surface area contributed by atoms with Gasteiger partial charge >= 0.3 is 5.97 Å². The predicted octanol–water partition coefficient (Wildman–Crippen LogP) is 4.95. The maximum absolute atomic E-state index is 13.1. The van der Waals surface area contributed by atoms with Crippen molar-refractivity contribution in [1.29, 1.82) is 0 Å². The Bertz CT molecular complexity index is 1000. The topological polar surface area (TPSA) is 86.7 Å². The van der Waals surface area contributed by atoms with E-state index >= 15 is 0 Å². The Kier molecular flexibility index (Phi) is 7.84. The maximum atomic E-state index is 13.1.